The summed E-state index contributed by atoms with van der Waals surface area (Å²) in [5.74, 6) is 0.778. The highest BCUT2D eigenvalue weighted by molar-refractivity contribution is 6.17. The van der Waals surface area contributed by atoms with Crippen molar-refractivity contribution in [3.05, 3.63) is 35.9 Å². The molecule has 0 amide bonds. The SMILES string of the molecule is CC(C)(CCCCl)CNCCCCc1ccccc1. The van der Waals surface area contributed by atoms with E-state index in [-0.39, 0.29) is 0 Å². The fourth-order valence-corrected chi connectivity index (χ4v) is 2.42. The van der Waals surface area contributed by atoms with Gasteiger partial charge in [0.2, 0.25) is 0 Å². The van der Waals surface area contributed by atoms with Crippen molar-refractivity contribution in [2.45, 2.75) is 46.0 Å². The number of alkyl halides is 1. The Hall–Kier alpha value is -0.530. The molecule has 19 heavy (non-hydrogen) atoms. The first-order valence-electron chi connectivity index (χ1n) is 7.45. The largest absolute Gasteiger partial charge is 0.316 e. The van der Waals surface area contributed by atoms with Crippen LogP contribution >= 0.6 is 11.6 Å². The lowest BCUT2D eigenvalue weighted by Gasteiger charge is -2.24. The molecule has 0 atom stereocenters. The molecule has 0 aliphatic heterocycles. The van der Waals surface area contributed by atoms with Gasteiger partial charge in [-0.05, 0) is 49.6 Å². The molecule has 1 aromatic rings. The molecule has 1 rings (SSSR count). The molecule has 1 N–H and O–H groups in total. The summed E-state index contributed by atoms with van der Waals surface area (Å²) in [6.07, 6.45) is 6.02. The first-order chi connectivity index (χ1) is 9.14. The maximum atomic E-state index is 5.75. The summed E-state index contributed by atoms with van der Waals surface area (Å²) in [6, 6.07) is 10.7. The van der Waals surface area contributed by atoms with Crippen molar-refractivity contribution in [2.24, 2.45) is 5.41 Å². The van der Waals surface area contributed by atoms with Crippen molar-refractivity contribution >= 4 is 11.6 Å². The van der Waals surface area contributed by atoms with Gasteiger partial charge in [0.15, 0.2) is 0 Å². The maximum absolute atomic E-state index is 5.75. The van der Waals surface area contributed by atoms with Crippen molar-refractivity contribution in [3.63, 3.8) is 0 Å². The molecular weight excluding hydrogens is 254 g/mol. The van der Waals surface area contributed by atoms with E-state index in [0.29, 0.717) is 5.41 Å². The van der Waals surface area contributed by atoms with Crippen LogP contribution in [-0.4, -0.2) is 19.0 Å². The van der Waals surface area contributed by atoms with Crippen molar-refractivity contribution < 1.29 is 0 Å². The number of hydrogen-bond donors (Lipinski definition) is 1. The Morgan fingerprint density at radius 1 is 1.05 bits per heavy atom. The second-order valence-corrected chi connectivity index (χ2v) is 6.45. The standard InChI is InChI=1S/C17H28ClN/c1-17(2,12-8-13-18)15-19-14-7-6-11-16-9-4-3-5-10-16/h3-5,9-10,19H,6-8,11-15H2,1-2H3. The van der Waals surface area contributed by atoms with E-state index in [1.807, 2.05) is 0 Å². The lowest BCUT2D eigenvalue weighted by molar-refractivity contribution is 0.311. The molecule has 0 radical (unpaired) electrons. The minimum atomic E-state index is 0.369. The first-order valence-corrected chi connectivity index (χ1v) is 7.98. The van der Waals surface area contributed by atoms with Crippen LogP contribution in [0.4, 0.5) is 0 Å². The summed E-state index contributed by atoms with van der Waals surface area (Å²) in [5.41, 5.74) is 1.82. The highest BCUT2D eigenvalue weighted by Gasteiger charge is 2.16. The van der Waals surface area contributed by atoms with Crippen LogP contribution in [0.3, 0.4) is 0 Å². The van der Waals surface area contributed by atoms with Crippen LogP contribution in [0, 0.1) is 5.41 Å². The van der Waals surface area contributed by atoms with Gasteiger partial charge in [-0.25, -0.2) is 0 Å². The molecule has 1 nitrogen and oxygen atoms in total. The number of rotatable bonds is 10. The van der Waals surface area contributed by atoms with E-state index in [9.17, 15) is 0 Å². The number of unbranched alkanes of at least 4 members (excludes halogenated alkanes) is 1. The van der Waals surface area contributed by atoms with Crippen molar-refractivity contribution in [2.75, 3.05) is 19.0 Å². The predicted molar refractivity (Wildman–Crippen MR) is 86.0 cm³/mol. The molecule has 0 saturated heterocycles. The highest BCUT2D eigenvalue weighted by atomic mass is 35.5. The van der Waals surface area contributed by atoms with Gasteiger partial charge in [0, 0.05) is 12.4 Å². The van der Waals surface area contributed by atoms with Crippen LogP contribution in [-0.2, 0) is 6.42 Å². The van der Waals surface area contributed by atoms with E-state index in [2.05, 4.69) is 49.5 Å². The van der Waals surface area contributed by atoms with Crippen LogP contribution < -0.4 is 5.32 Å². The Bertz CT molecular complexity index is 321. The normalized spacial score (nSPS) is 11.7. The summed E-state index contributed by atoms with van der Waals surface area (Å²) < 4.78 is 0. The summed E-state index contributed by atoms with van der Waals surface area (Å²) in [6.45, 7) is 6.85. The van der Waals surface area contributed by atoms with Crippen LogP contribution in [0.5, 0.6) is 0 Å². The molecular formula is C17H28ClN. The summed E-state index contributed by atoms with van der Waals surface area (Å²) in [7, 11) is 0. The quantitative estimate of drug-likeness (QED) is 0.486. The molecule has 0 unspecified atom stereocenters. The fourth-order valence-electron chi connectivity index (χ4n) is 2.28. The average Bonchev–Trinajstić information content (AvgIpc) is 2.42. The summed E-state index contributed by atoms with van der Waals surface area (Å²) in [5, 5.41) is 3.58. The predicted octanol–water partition coefficient (Wildman–Crippen LogP) is 4.64. The maximum Gasteiger partial charge on any atom is 0.0223 e. The fraction of sp³-hybridized carbons (Fsp3) is 0.647. The topological polar surface area (TPSA) is 12.0 Å². The lowest BCUT2D eigenvalue weighted by Crippen LogP contribution is -2.30. The molecule has 1 aromatic carbocycles. The summed E-state index contributed by atoms with van der Waals surface area (Å²) >= 11 is 5.75. The van der Waals surface area contributed by atoms with Crippen molar-refractivity contribution in [1.82, 2.24) is 5.32 Å². The van der Waals surface area contributed by atoms with Gasteiger partial charge in [-0.1, -0.05) is 44.2 Å². The monoisotopic (exact) mass is 281 g/mol. The van der Waals surface area contributed by atoms with Gasteiger partial charge in [0.05, 0.1) is 0 Å². The molecule has 0 heterocycles. The number of halogens is 1. The Balaban J connectivity index is 2.02. The number of nitrogens with one attached hydrogen (secondary N) is 1. The van der Waals surface area contributed by atoms with E-state index >= 15 is 0 Å². The Morgan fingerprint density at radius 2 is 1.79 bits per heavy atom. The zero-order valence-corrected chi connectivity index (χ0v) is 13.2. The lowest BCUT2D eigenvalue weighted by atomic mass is 9.88. The number of aryl methyl sites for hydroxylation is 1. The molecule has 2 heteroatoms. The molecule has 0 aliphatic rings. The van der Waals surface area contributed by atoms with Crippen molar-refractivity contribution in [1.29, 1.82) is 0 Å². The van der Waals surface area contributed by atoms with Gasteiger partial charge in [-0.15, -0.1) is 11.6 Å². The average molecular weight is 282 g/mol. The van der Waals surface area contributed by atoms with Gasteiger partial charge < -0.3 is 5.32 Å². The van der Waals surface area contributed by atoms with E-state index in [1.54, 1.807) is 0 Å². The van der Waals surface area contributed by atoms with E-state index in [0.717, 1.165) is 25.4 Å². The first kappa shape index (κ1) is 16.5. The van der Waals surface area contributed by atoms with Gasteiger partial charge in [0.25, 0.3) is 0 Å². The Labute approximate surface area is 123 Å². The Morgan fingerprint density at radius 3 is 2.47 bits per heavy atom. The van der Waals surface area contributed by atoms with Crippen LogP contribution in [0.15, 0.2) is 30.3 Å². The molecule has 0 saturated carbocycles. The third-order valence-corrected chi connectivity index (χ3v) is 3.77. The van der Waals surface area contributed by atoms with Crippen LogP contribution in [0.1, 0.15) is 45.1 Å². The molecule has 108 valence electrons. The van der Waals surface area contributed by atoms with Gasteiger partial charge >= 0.3 is 0 Å². The third-order valence-electron chi connectivity index (χ3n) is 3.50. The molecule has 0 bridgehead atoms. The minimum absolute atomic E-state index is 0.369. The van der Waals surface area contributed by atoms with Gasteiger partial charge in [-0.3, -0.25) is 0 Å². The minimum Gasteiger partial charge on any atom is -0.316 e. The van der Waals surface area contributed by atoms with E-state index in [1.165, 1.54) is 31.2 Å². The zero-order chi connectivity index (χ0) is 14.0. The molecule has 0 spiro atoms. The van der Waals surface area contributed by atoms with Crippen LogP contribution in [0.2, 0.25) is 0 Å². The molecule has 0 fully saturated rings. The zero-order valence-electron chi connectivity index (χ0n) is 12.4. The van der Waals surface area contributed by atoms with E-state index < -0.39 is 0 Å². The Kier molecular flexibility index (Phi) is 8.16. The third kappa shape index (κ3) is 8.28. The molecule has 0 aromatic heterocycles. The molecule has 0 aliphatic carbocycles. The van der Waals surface area contributed by atoms with Crippen LogP contribution in [0.25, 0.3) is 0 Å². The summed E-state index contributed by atoms with van der Waals surface area (Å²) in [4.78, 5) is 0. The smallest absolute Gasteiger partial charge is 0.0223 e. The van der Waals surface area contributed by atoms with Gasteiger partial charge in [-0.2, -0.15) is 0 Å². The number of benzene rings is 1. The second kappa shape index (κ2) is 9.39. The number of hydrogen-bond acceptors (Lipinski definition) is 1. The highest BCUT2D eigenvalue weighted by Crippen LogP contribution is 2.21. The van der Waals surface area contributed by atoms with Crippen molar-refractivity contribution in [3.8, 4) is 0 Å². The second-order valence-electron chi connectivity index (χ2n) is 6.08. The van der Waals surface area contributed by atoms with E-state index in [4.69, 9.17) is 11.6 Å². The van der Waals surface area contributed by atoms with Gasteiger partial charge in [0.1, 0.15) is 0 Å².